The topological polar surface area (TPSA) is 63.2 Å². The Morgan fingerprint density at radius 1 is 1.45 bits per heavy atom. The molecule has 1 unspecified atom stereocenters. The second-order valence-corrected chi connectivity index (χ2v) is 9.28. The molecular formula is C12H18BrN3O2S2. The molecule has 1 fully saturated rings. The molecule has 1 aromatic rings. The fourth-order valence-corrected chi connectivity index (χ4v) is 5.24. The summed E-state index contributed by atoms with van der Waals surface area (Å²) in [5, 5.41) is -0.511. The molecule has 0 amide bonds. The Morgan fingerprint density at radius 3 is 2.75 bits per heavy atom. The second-order valence-electron chi connectivity index (χ2n) is 5.11. The molecule has 0 bridgehead atoms. The predicted molar refractivity (Wildman–Crippen MR) is 87.1 cm³/mol. The van der Waals surface area contributed by atoms with E-state index in [1.54, 1.807) is 17.8 Å². The Balaban J connectivity index is 2.42. The van der Waals surface area contributed by atoms with Gasteiger partial charge in [0.1, 0.15) is 21.6 Å². The minimum Gasteiger partial charge on any atom is -0.338 e. The van der Waals surface area contributed by atoms with E-state index in [9.17, 15) is 8.42 Å². The number of hydrogen-bond acceptors (Lipinski definition) is 6. The van der Waals surface area contributed by atoms with Crippen LogP contribution in [0.25, 0.3) is 0 Å². The fourth-order valence-electron chi connectivity index (χ4n) is 2.03. The van der Waals surface area contributed by atoms with Crippen LogP contribution < -0.4 is 4.90 Å². The smallest absolute Gasteiger partial charge is 0.169 e. The van der Waals surface area contributed by atoms with Crippen LogP contribution in [0.15, 0.2) is 10.7 Å². The fraction of sp³-hybridized carbons (Fsp3) is 0.667. The van der Waals surface area contributed by atoms with Crippen LogP contribution in [0.3, 0.4) is 0 Å². The summed E-state index contributed by atoms with van der Waals surface area (Å²) in [6, 6.07) is 1.79. The van der Waals surface area contributed by atoms with Crippen molar-refractivity contribution in [2.45, 2.75) is 25.1 Å². The minimum atomic E-state index is -3.14. The molecule has 1 aliphatic rings. The lowest BCUT2D eigenvalue weighted by molar-refractivity contribution is 0.583. The van der Waals surface area contributed by atoms with Crippen molar-refractivity contribution in [1.82, 2.24) is 9.97 Å². The molecule has 8 heteroatoms. The van der Waals surface area contributed by atoms with E-state index in [2.05, 4.69) is 25.9 Å². The molecule has 0 radical (unpaired) electrons. The van der Waals surface area contributed by atoms with Crippen molar-refractivity contribution in [3.8, 4) is 0 Å². The first-order valence-electron chi connectivity index (χ1n) is 6.37. The summed E-state index contributed by atoms with van der Waals surface area (Å²) in [7, 11) is -3.14. The highest BCUT2D eigenvalue weighted by Crippen LogP contribution is 2.28. The number of anilines is 1. The summed E-state index contributed by atoms with van der Waals surface area (Å²) in [6.07, 6.45) is 1.29. The van der Waals surface area contributed by atoms with Crippen molar-refractivity contribution in [2.75, 3.05) is 29.2 Å². The Bertz CT molecular complexity index is 592. The Morgan fingerprint density at radius 2 is 2.15 bits per heavy atom. The molecule has 0 N–H and O–H groups in total. The van der Waals surface area contributed by atoms with Gasteiger partial charge in [-0.2, -0.15) is 11.8 Å². The van der Waals surface area contributed by atoms with Gasteiger partial charge in [-0.3, -0.25) is 0 Å². The summed E-state index contributed by atoms with van der Waals surface area (Å²) in [5.74, 6) is 3.09. The van der Waals surface area contributed by atoms with E-state index in [0.717, 1.165) is 11.6 Å². The maximum atomic E-state index is 12.0. The Hall–Kier alpha value is -0.340. The number of halogens is 1. The van der Waals surface area contributed by atoms with Gasteiger partial charge in [-0.25, -0.2) is 18.4 Å². The minimum absolute atomic E-state index is 0.196. The van der Waals surface area contributed by atoms with Crippen LogP contribution in [0.5, 0.6) is 0 Å². The van der Waals surface area contributed by atoms with Crippen LogP contribution in [0.2, 0.25) is 0 Å². The van der Waals surface area contributed by atoms with E-state index in [4.69, 9.17) is 0 Å². The van der Waals surface area contributed by atoms with Crippen molar-refractivity contribution in [3.05, 3.63) is 16.5 Å². The van der Waals surface area contributed by atoms with Gasteiger partial charge in [0.2, 0.25) is 0 Å². The molecule has 112 valence electrons. The average Bonchev–Trinajstić information content (AvgIpc) is 2.37. The van der Waals surface area contributed by atoms with E-state index in [1.807, 2.05) is 18.7 Å². The molecular weight excluding hydrogens is 362 g/mol. The Labute approximate surface area is 132 Å². The lowest BCUT2D eigenvalue weighted by atomic mass is 10.2. The van der Waals surface area contributed by atoms with Crippen LogP contribution in [-0.2, 0) is 9.84 Å². The highest BCUT2D eigenvalue weighted by molar-refractivity contribution is 9.10. The summed E-state index contributed by atoms with van der Waals surface area (Å²) >= 11 is 5.05. The molecule has 5 nitrogen and oxygen atoms in total. The van der Waals surface area contributed by atoms with Gasteiger partial charge in [0, 0.05) is 36.3 Å². The van der Waals surface area contributed by atoms with Gasteiger partial charge in [-0.05, 0) is 15.9 Å². The third kappa shape index (κ3) is 3.65. The molecule has 1 saturated heterocycles. The lowest BCUT2D eigenvalue weighted by Gasteiger charge is -2.35. The quantitative estimate of drug-likeness (QED) is 0.750. The van der Waals surface area contributed by atoms with E-state index in [1.165, 1.54) is 6.26 Å². The van der Waals surface area contributed by atoms with Gasteiger partial charge < -0.3 is 4.90 Å². The van der Waals surface area contributed by atoms with Crippen molar-refractivity contribution in [2.24, 2.45) is 0 Å². The molecule has 1 atom stereocenters. The number of thioether (sulfide) groups is 1. The highest BCUT2D eigenvalue weighted by Gasteiger charge is 2.32. The van der Waals surface area contributed by atoms with Crippen LogP contribution in [0, 0.1) is 0 Å². The summed E-state index contributed by atoms with van der Waals surface area (Å²) in [4.78, 5) is 10.8. The molecule has 0 aromatic carbocycles. The second kappa shape index (κ2) is 6.19. The van der Waals surface area contributed by atoms with Crippen LogP contribution >= 0.6 is 27.7 Å². The van der Waals surface area contributed by atoms with Gasteiger partial charge in [0.05, 0.1) is 0 Å². The van der Waals surface area contributed by atoms with Crippen molar-refractivity contribution in [1.29, 1.82) is 0 Å². The number of aromatic nitrogens is 2. The normalized spacial score (nSPS) is 20.4. The van der Waals surface area contributed by atoms with Gasteiger partial charge in [-0.1, -0.05) is 13.8 Å². The predicted octanol–water partition coefficient (Wildman–Crippen LogP) is 2.29. The van der Waals surface area contributed by atoms with Crippen LogP contribution in [-0.4, -0.2) is 48.1 Å². The van der Waals surface area contributed by atoms with E-state index < -0.39 is 15.2 Å². The maximum Gasteiger partial charge on any atom is 0.169 e. The van der Waals surface area contributed by atoms with E-state index >= 15 is 0 Å². The molecule has 0 saturated carbocycles. The largest absolute Gasteiger partial charge is 0.338 e. The molecule has 2 rings (SSSR count). The first kappa shape index (κ1) is 16.0. The third-order valence-electron chi connectivity index (χ3n) is 3.09. The number of nitrogens with zero attached hydrogens (tertiary/aromatic N) is 3. The van der Waals surface area contributed by atoms with Gasteiger partial charge in [0.25, 0.3) is 0 Å². The molecule has 0 spiro atoms. The highest BCUT2D eigenvalue weighted by atomic mass is 79.9. The third-order valence-corrected chi connectivity index (χ3v) is 6.14. The zero-order valence-corrected chi connectivity index (χ0v) is 14.9. The molecule has 1 aliphatic heterocycles. The zero-order chi connectivity index (χ0) is 14.9. The molecule has 1 aromatic heterocycles. The molecule has 0 aliphatic carbocycles. The van der Waals surface area contributed by atoms with E-state index in [0.29, 0.717) is 22.7 Å². The standard InChI is InChI=1S/C12H18BrN3O2S2/c1-8(2)12-14-9(13)6-10(15-12)16-4-5-19-7-11(16)20(3,17)18/h6,8,11H,4-5,7H2,1-3H3. The first-order valence-corrected chi connectivity index (χ1v) is 10.3. The first-order chi connectivity index (χ1) is 9.29. The van der Waals surface area contributed by atoms with Crippen molar-refractivity contribution >= 4 is 43.3 Å². The summed E-state index contributed by atoms with van der Waals surface area (Å²) in [6.45, 7) is 4.72. The number of rotatable bonds is 3. The van der Waals surface area contributed by atoms with Gasteiger partial charge in [-0.15, -0.1) is 0 Å². The maximum absolute atomic E-state index is 12.0. The van der Waals surface area contributed by atoms with Crippen LogP contribution in [0.1, 0.15) is 25.6 Å². The number of sulfone groups is 1. The zero-order valence-electron chi connectivity index (χ0n) is 11.7. The van der Waals surface area contributed by atoms with Gasteiger partial charge in [0.15, 0.2) is 9.84 Å². The van der Waals surface area contributed by atoms with E-state index in [-0.39, 0.29) is 5.92 Å². The summed E-state index contributed by atoms with van der Waals surface area (Å²) in [5.41, 5.74) is 0. The molecule has 20 heavy (non-hydrogen) atoms. The van der Waals surface area contributed by atoms with Crippen molar-refractivity contribution in [3.63, 3.8) is 0 Å². The van der Waals surface area contributed by atoms with Crippen molar-refractivity contribution < 1.29 is 8.42 Å². The van der Waals surface area contributed by atoms with Crippen LogP contribution in [0.4, 0.5) is 5.82 Å². The average molecular weight is 380 g/mol. The lowest BCUT2D eigenvalue weighted by Crippen LogP contribution is -2.47. The number of hydrogen-bond donors (Lipinski definition) is 0. The SMILES string of the molecule is CC(C)c1nc(Br)cc(N2CCSCC2S(C)(=O)=O)n1. The monoisotopic (exact) mass is 379 g/mol. The van der Waals surface area contributed by atoms with Gasteiger partial charge >= 0.3 is 0 Å². The Kier molecular flexibility index (Phi) is 4.96. The molecule has 2 heterocycles. The summed E-state index contributed by atoms with van der Waals surface area (Å²) < 4.78 is 24.6.